The molecule has 21 heteroatoms. The van der Waals surface area contributed by atoms with E-state index in [4.69, 9.17) is 0 Å². The molecule has 0 unspecified atom stereocenters. The SMILES string of the molecule is O.O.O.O.O=S(=O)([O-])CCS(=O)(=O)[O-].[OH3+].[OH3+].[OH3+].[OH3+].[Zn+2].c1cc(-c2ccncc2)ccn1.c1cc(-c2ccncc2)ccn1. The zero-order valence-electron chi connectivity index (χ0n) is 22.7. The van der Waals surface area contributed by atoms with Gasteiger partial charge in [-0.2, -0.15) is 0 Å². The van der Waals surface area contributed by atoms with E-state index >= 15 is 0 Å². The molecule has 0 amide bonds. The second-order valence-electron chi connectivity index (χ2n) is 6.47. The van der Waals surface area contributed by atoms with Crippen LogP contribution in [0.5, 0.6) is 0 Å². The average Bonchev–Trinajstić information content (AvgIpc) is 2.85. The van der Waals surface area contributed by atoms with Crippen molar-refractivity contribution in [3.8, 4) is 22.3 Å². The number of nitrogens with zero attached hydrogens (tertiary/aromatic N) is 4. The van der Waals surface area contributed by atoms with Gasteiger partial charge in [-0.25, -0.2) is 16.8 Å². The third kappa shape index (κ3) is 27.3. The molecule has 0 saturated carbocycles. The van der Waals surface area contributed by atoms with Gasteiger partial charge in [-0.15, -0.1) is 0 Å². The van der Waals surface area contributed by atoms with Crippen molar-refractivity contribution in [3.63, 3.8) is 0 Å². The first kappa shape index (κ1) is 59.2. The van der Waals surface area contributed by atoms with Crippen molar-refractivity contribution in [3.05, 3.63) is 98.1 Å². The summed E-state index contributed by atoms with van der Waals surface area (Å²) in [5.74, 6) is -2.31. The summed E-state index contributed by atoms with van der Waals surface area (Å²) in [6.45, 7) is 0. The van der Waals surface area contributed by atoms with E-state index in [-0.39, 0.29) is 63.3 Å². The maximum absolute atomic E-state index is 9.72. The standard InChI is InChI=1S/2C10H8N2.C2H6O6S2.8H2O.Zn/c2*1-5-11-6-2-9(1)10-3-7-12-8-4-10;3-9(4,5)1-2-10(6,7)8;;;;;;;;;/h2*1-8H;1-2H2,(H,3,4,5)(H,6,7,8);8*1H2;/q;;;;;;;;;;;+2/p+2. The van der Waals surface area contributed by atoms with Crippen LogP contribution in [-0.4, -0.2) is 79.3 Å². The van der Waals surface area contributed by atoms with E-state index in [2.05, 4.69) is 19.9 Å². The Bertz CT molecular complexity index is 1170. The predicted octanol–water partition coefficient (Wildman–Crippen LogP) is -4.62. The quantitative estimate of drug-likeness (QED) is 0.108. The summed E-state index contributed by atoms with van der Waals surface area (Å²) in [7, 11) is -9.17. The third-order valence-corrected chi connectivity index (χ3v) is 5.64. The van der Waals surface area contributed by atoms with Gasteiger partial charge in [0.2, 0.25) is 0 Å². The maximum atomic E-state index is 9.72. The molecule has 43 heavy (non-hydrogen) atoms. The third-order valence-electron chi connectivity index (χ3n) is 3.97. The Hall–Kier alpha value is -3.28. The number of hydrogen-bond donors (Lipinski definition) is 0. The molecule has 0 spiro atoms. The Morgan fingerprint density at radius 3 is 0.674 bits per heavy atom. The first-order valence-electron chi connectivity index (χ1n) is 9.62. The molecule has 20 N–H and O–H groups in total. The van der Waals surface area contributed by atoms with Gasteiger partial charge in [0.25, 0.3) is 0 Å². The minimum absolute atomic E-state index is 0. The Morgan fingerprint density at radius 2 is 0.558 bits per heavy atom. The summed E-state index contributed by atoms with van der Waals surface area (Å²) >= 11 is 0. The van der Waals surface area contributed by atoms with Crippen LogP contribution in [0.2, 0.25) is 0 Å². The first-order chi connectivity index (χ1) is 16.1. The first-order valence-corrected chi connectivity index (χ1v) is 12.8. The summed E-state index contributed by atoms with van der Waals surface area (Å²) in [6.07, 6.45) is 14.3. The van der Waals surface area contributed by atoms with Crippen LogP contribution < -0.4 is 0 Å². The van der Waals surface area contributed by atoms with Crippen molar-refractivity contribution >= 4 is 20.2 Å². The van der Waals surface area contributed by atoms with Gasteiger partial charge in [-0.3, -0.25) is 19.9 Å². The van der Waals surface area contributed by atoms with E-state index in [1.165, 1.54) is 22.3 Å². The van der Waals surface area contributed by atoms with Gasteiger partial charge in [0.15, 0.2) is 0 Å². The zero-order chi connectivity index (χ0) is 24.9. The molecular weight excluding hydrogens is 674 g/mol. The fourth-order valence-electron chi connectivity index (χ4n) is 2.38. The topological polar surface area (TPSA) is 424 Å². The smallest absolute Gasteiger partial charge is 0.748 e. The van der Waals surface area contributed by atoms with E-state index < -0.39 is 31.7 Å². The average molecular weight is 714 g/mol. The molecule has 0 aromatic carbocycles. The number of hydrogen-bond acceptors (Lipinski definition) is 10. The normalized spacial score (nSPS) is 8.51. The fourth-order valence-corrected chi connectivity index (χ4v) is 4.01. The van der Waals surface area contributed by atoms with E-state index in [0.29, 0.717) is 0 Å². The van der Waals surface area contributed by atoms with Crippen molar-refractivity contribution in [1.29, 1.82) is 0 Å². The largest absolute Gasteiger partial charge is 2.00 e. The fraction of sp³-hybridized carbons (Fsp3) is 0.0909. The van der Waals surface area contributed by atoms with Gasteiger partial charge in [-0.05, 0) is 70.8 Å². The van der Waals surface area contributed by atoms with E-state index in [1.807, 2.05) is 48.5 Å². The van der Waals surface area contributed by atoms with Gasteiger partial charge in [0.1, 0.15) is 0 Å². The molecule has 4 heterocycles. The molecular formula is C22H40N4O14S2Zn+4. The molecule has 0 atom stereocenters. The van der Waals surface area contributed by atoms with E-state index in [9.17, 15) is 25.9 Å². The van der Waals surface area contributed by atoms with Crippen molar-refractivity contribution < 1.29 is 89.2 Å². The van der Waals surface area contributed by atoms with Gasteiger partial charge in [0.05, 0.1) is 31.7 Å². The Kier molecular flexibility index (Phi) is 41.6. The Balaban J connectivity index is -0.0000000648. The molecule has 0 fully saturated rings. The molecule has 0 aliphatic rings. The molecule has 18 nitrogen and oxygen atoms in total. The minimum Gasteiger partial charge on any atom is -0.748 e. The molecule has 0 bridgehead atoms. The minimum atomic E-state index is -4.59. The second-order valence-corrected chi connectivity index (χ2v) is 9.51. The number of pyridine rings is 4. The predicted molar refractivity (Wildman–Crippen MR) is 158 cm³/mol. The number of rotatable bonds is 5. The van der Waals surface area contributed by atoms with Crippen molar-refractivity contribution in [1.82, 2.24) is 19.9 Å². The van der Waals surface area contributed by atoms with Crippen LogP contribution in [-0.2, 0) is 61.6 Å². The van der Waals surface area contributed by atoms with Crippen molar-refractivity contribution in [2.45, 2.75) is 0 Å². The summed E-state index contributed by atoms with van der Waals surface area (Å²) in [5, 5.41) is 0. The molecule has 0 radical (unpaired) electrons. The molecule has 4 rings (SSSR count). The van der Waals surface area contributed by atoms with Gasteiger partial charge in [-0.1, -0.05) is 0 Å². The van der Waals surface area contributed by atoms with Crippen LogP contribution in [0, 0.1) is 0 Å². The number of aromatic nitrogens is 4. The van der Waals surface area contributed by atoms with Crippen LogP contribution in [0.1, 0.15) is 0 Å². The molecule has 0 aliphatic heterocycles. The maximum Gasteiger partial charge on any atom is 2.00 e. The van der Waals surface area contributed by atoms with Crippen LogP contribution in [0.4, 0.5) is 0 Å². The molecule has 0 saturated heterocycles. The van der Waals surface area contributed by atoms with E-state index in [1.54, 1.807) is 49.6 Å². The Labute approximate surface area is 260 Å². The summed E-state index contributed by atoms with van der Waals surface area (Å²) in [4.78, 5) is 15.8. The van der Waals surface area contributed by atoms with Gasteiger partial charge < -0.3 is 52.9 Å². The monoisotopic (exact) mass is 712 g/mol. The molecule has 0 aliphatic carbocycles. The van der Waals surface area contributed by atoms with Crippen LogP contribution >= 0.6 is 0 Å². The van der Waals surface area contributed by atoms with Crippen LogP contribution in [0.25, 0.3) is 22.3 Å². The Morgan fingerprint density at radius 1 is 0.419 bits per heavy atom. The van der Waals surface area contributed by atoms with Gasteiger partial charge in [0, 0.05) is 49.6 Å². The summed E-state index contributed by atoms with van der Waals surface area (Å²) in [6, 6.07) is 15.9. The zero-order valence-corrected chi connectivity index (χ0v) is 27.3. The molecule has 242 valence electrons. The molecule has 4 aromatic rings. The molecule has 4 aromatic heterocycles. The van der Waals surface area contributed by atoms with Gasteiger partial charge >= 0.3 is 19.5 Å². The summed E-state index contributed by atoms with van der Waals surface area (Å²) < 4.78 is 58.3. The van der Waals surface area contributed by atoms with Crippen LogP contribution in [0.15, 0.2) is 98.1 Å². The summed E-state index contributed by atoms with van der Waals surface area (Å²) in [5.41, 5.74) is 4.69. The van der Waals surface area contributed by atoms with Crippen molar-refractivity contribution in [2.75, 3.05) is 11.5 Å². The van der Waals surface area contributed by atoms with Crippen LogP contribution in [0.3, 0.4) is 0 Å². The second kappa shape index (κ2) is 30.2. The van der Waals surface area contributed by atoms with E-state index in [0.717, 1.165) is 0 Å². The van der Waals surface area contributed by atoms with Crippen molar-refractivity contribution in [2.24, 2.45) is 0 Å².